The molecule has 1 aromatic heterocycles. The molecule has 1 heterocycles. The van der Waals surface area contributed by atoms with E-state index < -0.39 is 0 Å². The maximum absolute atomic E-state index is 11.8. The number of rotatable bonds is 6. The molecule has 106 valence electrons. The van der Waals surface area contributed by atoms with Gasteiger partial charge in [-0.2, -0.15) is 0 Å². The number of hydrogen-bond acceptors (Lipinski definition) is 3. The van der Waals surface area contributed by atoms with Gasteiger partial charge in [-0.15, -0.1) is 11.3 Å². The first-order valence-electron chi connectivity index (χ1n) is 6.54. The minimum absolute atomic E-state index is 0.187. The van der Waals surface area contributed by atoms with Crippen molar-refractivity contribution in [2.24, 2.45) is 0 Å². The van der Waals surface area contributed by atoms with Crippen molar-refractivity contribution in [2.45, 2.75) is 26.7 Å². The zero-order valence-electron chi connectivity index (χ0n) is 11.6. The number of carbonyl (C=O) groups is 1. The van der Waals surface area contributed by atoms with Gasteiger partial charge in [0.15, 0.2) is 5.78 Å². The molecule has 0 unspecified atom stereocenters. The van der Waals surface area contributed by atoms with Gasteiger partial charge >= 0.3 is 0 Å². The number of ketones is 1. The van der Waals surface area contributed by atoms with Crippen LogP contribution in [0.25, 0.3) is 0 Å². The molecule has 2 aromatic rings. The molecule has 20 heavy (non-hydrogen) atoms. The van der Waals surface area contributed by atoms with Gasteiger partial charge in [-0.05, 0) is 55.0 Å². The Labute approximate surface area is 128 Å². The maximum Gasteiger partial charge on any atom is 0.172 e. The van der Waals surface area contributed by atoms with E-state index in [9.17, 15) is 4.79 Å². The van der Waals surface area contributed by atoms with Crippen LogP contribution in [0.1, 0.15) is 33.6 Å². The Hall–Kier alpha value is -1.32. The fourth-order valence-corrected chi connectivity index (χ4v) is 2.78. The van der Waals surface area contributed by atoms with E-state index in [1.54, 1.807) is 0 Å². The highest BCUT2D eigenvalue weighted by Crippen LogP contribution is 2.26. The number of thiophene rings is 1. The Kier molecular flexibility index (Phi) is 5.21. The van der Waals surface area contributed by atoms with Crippen LogP contribution in [0.3, 0.4) is 0 Å². The molecule has 0 aliphatic carbocycles. The molecule has 0 bridgehead atoms. The molecule has 0 aliphatic rings. The summed E-state index contributed by atoms with van der Waals surface area (Å²) in [6.45, 7) is 4.46. The molecular formula is C16H17ClO2S. The number of hydrogen-bond donors (Lipinski definition) is 0. The van der Waals surface area contributed by atoms with Gasteiger partial charge in [-0.3, -0.25) is 4.79 Å². The van der Waals surface area contributed by atoms with Crippen molar-refractivity contribution in [3.05, 3.63) is 50.7 Å². The van der Waals surface area contributed by atoms with E-state index in [4.69, 9.17) is 16.3 Å². The summed E-state index contributed by atoms with van der Waals surface area (Å²) in [6.07, 6.45) is 1.24. The number of benzene rings is 1. The third kappa shape index (κ3) is 3.84. The standard InChI is InChI=1S/C16H17ClO2S/c1-11-9-13(10-12(2)16(11)17)19-7-3-5-14(18)15-6-4-8-20-15/h4,6,8-10H,3,5,7H2,1-2H3. The van der Waals surface area contributed by atoms with E-state index in [-0.39, 0.29) is 5.78 Å². The van der Waals surface area contributed by atoms with Crippen LogP contribution in [0.4, 0.5) is 0 Å². The maximum atomic E-state index is 11.8. The van der Waals surface area contributed by atoms with Crippen molar-refractivity contribution in [2.75, 3.05) is 6.61 Å². The Morgan fingerprint density at radius 3 is 2.60 bits per heavy atom. The second-order valence-electron chi connectivity index (χ2n) is 4.72. The lowest BCUT2D eigenvalue weighted by Crippen LogP contribution is -2.03. The smallest absolute Gasteiger partial charge is 0.172 e. The Morgan fingerprint density at radius 1 is 1.30 bits per heavy atom. The summed E-state index contributed by atoms with van der Waals surface area (Å²) in [5, 5.41) is 2.70. The third-order valence-corrected chi connectivity index (χ3v) is 4.53. The van der Waals surface area contributed by atoms with E-state index in [0.717, 1.165) is 33.2 Å². The zero-order chi connectivity index (χ0) is 14.5. The van der Waals surface area contributed by atoms with Crippen molar-refractivity contribution in [1.29, 1.82) is 0 Å². The molecule has 0 saturated carbocycles. The Balaban J connectivity index is 1.80. The fraction of sp³-hybridized carbons (Fsp3) is 0.312. The lowest BCUT2D eigenvalue weighted by Gasteiger charge is -2.09. The van der Waals surface area contributed by atoms with Crippen molar-refractivity contribution in [3.8, 4) is 5.75 Å². The second kappa shape index (κ2) is 6.91. The molecule has 2 nitrogen and oxygen atoms in total. The van der Waals surface area contributed by atoms with Gasteiger partial charge in [0, 0.05) is 11.4 Å². The van der Waals surface area contributed by atoms with Gasteiger partial charge in [0.2, 0.25) is 0 Å². The van der Waals surface area contributed by atoms with Crippen LogP contribution in [0.15, 0.2) is 29.6 Å². The first kappa shape index (κ1) is 15.1. The Morgan fingerprint density at radius 2 is 2.00 bits per heavy atom. The normalized spacial score (nSPS) is 10.6. The largest absolute Gasteiger partial charge is 0.494 e. The molecule has 0 fully saturated rings. The zero-order valence-corrected chi connectivity index (χ0v) is 13.2. The summed E-state index contributed by atoms with van der Waals surface area (Å²) in [5.74, 6) is 1.00. The molecule has 0 amide bonds. The van der Waals surface area contributed by atoms with Crippen LogP contribution < -0.4 is 4.74 Å². The fourth-order valence-electron chi connectivity index (χ4n) is 1.97. The molecule has 1 aromatic carbocycles. The average Bonchev–Trinajstić information content (AvgIpc) is 2.94. The van der Waals surface area contributed by atoms with Crippen molar-refractivity contribution in [3.63, 3.8) is 0 Å². The molecule has 0 saturated heterocycles. The van der Waals surface area contributed by atoms with Crippen molar-refractivity contribution >= 4 is 28.7 Å². The van der Waals surface area contributed by atoms with E-state index >= 15 is 0 Å². The predicted molar refractivity (Wildman–Crippen MR) is 84.3 cm³/mol. The van der Waals surface area contributed by atoms with Crippen LogP contribution in [0.5, 0.6) is 5.75 Å². The number of aryl methyl sites for hydroxylation is 2. The molecule has 4 heteroatoms. The highest BCUT2D eigenvalue weighted by molar-refractivity contribution is 7.12. The monoisotopic (exact) mass is 308 g/mol. The van der Waals surface area contributed by atoms with Crippen LogP contribution in [-0.4, -0.2) is 12.4 Å². The molecule has 0 aliphatic heterocycles. The molecule has 2 rings (SSSR count). The minimum atomic E-state index is 0.187. The van der Waals surface area contributed by atoms with Gasteiger partial charge in [-0.25, -0.2) is 0 Å². The lowest BCUT2D eigenvalue weighted by atomic mass is 10.1. The first-order valence-corrected chi connectivity index (χ1v) is 7.80. The predicted octanol–water partition coefficient (Wildman–Crippen LogP) is 5.06. The summed E-state index contributed by atoms with van der Waals surface area (Å²) in [6, 6.07) is 7.61. The topological polar surface area (TPSA) is 26.3 Å². The quantitative estimate of drug-likeness (QED) is 0.550. The summed E-state index contributed by atoms with van der Waals surface area (Å²) < 4.78 is 5.68. The summed E-state index contributed by atoms with van der Waals surface area (Å²) >= 11 is 7.60. The number of Topliss-reactive ketones (excluding diaryl/α,β-unsaturated/α-hetero) is 1. The van der Waals surface area contributed by atoms with Gasteiger partial charge in [0.1, 0.15) is 5.75 Å². The average molecular weight is 309 g/mol. The number of ether oxygens (including phenoxy) is 1. The van der Waals surface area contributed by atoms with Gasteiger partial charge in [0.05, 0.1) is 11.5 Å². The summed E-state index contributed by atoms with van der Waals surface area (Å²) in [4.78, 5) is 12.6. The number of carbonyl (C=O) groups excluding carboxylic acids is 1. The van der Waals surface area contributed by atoms with E-state index in [1.807, 2.05) is 43.5 Å². The molecular weight excluding hydrogens is 292 g/mol. The molecule has 0 atom stereocenters. The van der Waals surface area contributed by atoms with Crippen LogP contribution in [0.2, 0.25) is 5.02 Å². The molecule has 0 spiro atoms. The summed E-state index contributed by atoms with van der Waals surface area (Å²) in [5.41, 5.74) is 2.02. The van der Waals surface area contributed by atoms with Gasteiger partial charge in [-0.1, -0.05) is 17.7 Å². The van der Waals surface area contributed by atoms with Crippen LogP contribution in [0, 0.1) is 13.8 Å². The molecule has 0 N–H and O–H groups in total. The van der Waals surface area contributed by atoms with Crippen LogP contribution >= 0.6 is 22.9 Å². The van der Waals surface area contributed by atoms with Crippen molar-refractivity contribution < 1.29 is 9.53 Å². The van der Waals surface area contributed by atoms with Crippen molar-refractivity contribution in [1.82, 2.24) is 0 Å². The minimum Gasteiger partial charge on any atom is -0.494 e. The van der Waals surface area contributed by atoms with Crippen LogP contribution in [-0.2, 0) is 0 Å². The van der Waals surface area contributed by atoms with Gasteiger partial charge in [0.25, 0.3) is 0 Å². The number of halogens is 1. The third-order valence-electron chi connectivity index (χ3n) is 3.02. The second-order valence-corrected chi connectivity index (χ2v) is 6.05. The summed E-state index contributed by atoms with van der Waals surface area (Å²) in [7, 11) is 0. The Bertz CT molecular complexity index is 568. The van der Waals surface area contributed by atoms with E-state index in [1.165, 1.54) is 11.3 Å². The van der Waals surface area contributed by atoms with Gasteiger partial charge < -0.3 is 4.74 Å². The first-order chi connectivity index (χ1) is 9.58. The van der Waals surface area contributed by atoms with E-state index in [2.05, 4.69) is 0 Å². The lowest BCUT2D eigenvalue weighted by molar-refractivity contribution is 0.0977. The molecule has 0 radical (unpaired) electrons. The highest BCUT2D eigenvalue weighted by atomic mass is 35.5. The highest BCUT2D eigenvalue weighted by Gasteiger charge is 2.07. The van der Waals surface area contributed by atoms with E-state index in [0.29, 0.717) is 13.0 Å². The SMILES string of the molecule is Cc1cc(OCCCC(=O)c2cccs2)cc(C)c1Cl.